The molecule has 4 atom stereocenters. The summed E-state index contributed by atoms with van der Waals surface area (Å²) in [5.41, 5.74) is 0.658. The number of aryl methyl sites for hydroxylation is 1. The van der Waals surface area contributed by atoms with E-state index in [2.05, 4.69) is 22.3 Å². The van der Waals surface area contributed by atoms with Crippen molar-refractivity contribution < 1.29 is 22.7 Å². The van der Waals surface area contributed by atoms with Crippen LogP contribution in [0.1, 0.15) is 48.1 Å². The van der Waals surface area contributed by atoms with Crippen molar-refractivity contribution in [2.24, 2.45) is 0 Å². The van der Waals surface area contributed by atoms with Crippen molar-refractivity contribution in [1.82, 2.24) is 10.2 Å². The Bertz CT molecular complexity index is 1030. The van der Waals surface area contributed by atoms with Crippen molar-refractivity contribution in [3.05, 3.63) is 70.8 Å². The smallest absolute Gasteiger partial charge is 0.372 e. The van der Waals surface area contributed by atoms with Crippen LogP contribution in [0.4, 0.5) is 13.2 Å². The number of hydrogen-bond donors (Lipinski definition) is 1. The number of piperidine rings is 1. The molecular formula is C26H31F3N2O2S. The molecule has 0 aromatic heterocycles. The molecule has 1 amide bonds. The van der Waals surface area contributed by atoms with Crippen LogP contribution >= 0.6 is 11.8 Å². The van der Waals surface area contributed by atoms with Gasteiger partial charge in [-0.3, -0.25) is 9.69 Å². The molecule has 34 heavy (non-hydrogen) atoms. The fourth-order valence-corrected chi connectivity index (χ4v) is 6.20. The second-order valence-electron chi connectivity index (χ2n) is 9.60. The Morgan fingerprint density at radius 2 is 1.91 bits per heavy atom. The largest absolute Gasteiger partial charge is 0.416 e. The van der Waals surface area contributed by atoms with Crippen LogP contribution < -0.4 is 5.32 Å². The highest BCUT2D eigenvalue weighted by molar-refractivity contribution is 7.98. The molecule has 1 N–H and O–H groups in total. The molecular weight excluding hydrogens is 461 g/mol. The number of nitrogens with zero attached hydrogens (tertiary/aromatic N) is 1. The molecule has 4 rings (SSSR count). The Kier molecular flexibility index (Phi) is 7.04. The Labute approximate surface area is 203 Å². The van der Waals surface area contributed by atoms with Gasteiger partial charge in [0.05, 0.1) is 35.9 Å². The lowest BCUT2D eigenvalue weighted by Crippen LogP contribution is -2.72. The van der Waals surface area contributed by atoms with Crippen LogP contribution in [0.2, 0.25) is 0 Å². The number of halogens is 3. The van der Waals surface area contributed by atoms with E-state index in [4.69, 9.17) is 4.74 Å². The number of nitrogens with one attached hydrogen (secondary N) is 1. The van der Waals surface area contributed by atoms with Crippen molar-refractivity contribution in [3.8, 4) is 0 Å². The Balaban J connectivity index is 1.63. The first-order valence-corrected chi connectivity index (χ1v) is 12.9. The average Bonchev–Trinajstić information content (AvgIpc) is 2.78. The first-order valence-electron chi connectivity index (χ1n) is 11.5. The Morgan fingerprint density at radius 1 is 1.18 bits per heavy atom. The highest BCUT2D eigenvalue weighted by Gasteiger charge is 2.52. The zero-order valence-electron chi connectivity index (χ0n) is 19.7. The van der Waals surface area contributed by atoms with Crippen molar-refractivity contribution in [2.45, 2.75) is 50.0 Å². The van der Waals surface area contributed by atoms with Crippen molar-refractivity contribution in [3.63, 3.8) is 0 Å². The lowest BCUT2D eigenvalue weighted by molar-refractivity contribution is -0.142. The minimum absolute atomic E-state index is 0.00172. The van der Waals surface area contributed by atoms with Crippen molar-refractivity contribution in [2.75, 3.05) is 31.7 Å². The van der Waals surface area contributed by atoms with E-state index in [1.54, 1.807) is 31.7 Å². The number of piperazine rings is 1. The van der Waals surface area contributed by atoms with Gasteiger partial charge in [0.15, 0.2) is 0 Å². The Morgan fingerprint density at radius 3 is 2.59 bits per heavy atom. The van der Waals surface area contributed by atoms with Crippen LogP contribution in [0.15, 0.2) is 48.5 Å². The first kappa shape index (κ1) is 25.1. The minimum Gasteiger partial charge on any atom is -0.372 e. The second-order valence-corrected chi connectivity index (χ2v) is 10.5. The molecule has 1 unspecified atom stereocenters. The van der Waals surface area contributed by atoms with E-state index in [-0.39, 0.29) is 24.6 Å². The molecule has 2 saturated heterocycles. The van der Waals surface area contributed by atoms with Crippen LogP contribution in [-0.4, -0.2) is 48.1 Å². The Hall–Kier alpha value is -2.03. The maximum Gasteiger partial charge on any atom is 0.416 e. The van der Waals surface area contributed by atoms with Crippen molar-refractivity contribution in [1.29, 1.82) is 0 Å². The van der Waals surface area contributed by atoms with Crippen LogP contribution in [-0.2, 0) is 21.2 Å². The van der Waals surface area contributed by atoms with E-state index < -0.39 is 23.4 Å². The van der Waals surface area contributed by atoms with Gasteiger partial charge < -0.3 is 10.1 Å². The monoisotopic (exact) mass is 492 g/mol. The molecule has 2 aromatic carbocycles. The topological polar surface area (TPSA) is 41.6 Å². The molecule has 184 valence electrons. The zero-order valence-corrected chi connectivity index (χ0v) is 20.6. The average molecular weight is 493 g/mol. The number of carbonyl (C=O) groups is 1. The number of fused-ring (bicyclic) bond motifs is 2. The van der Waals surface area contributed by atoms with Crippen LogP contribution in [0.3, 0.4) is 0 Å². The van der Waals surface area contributed by atoms with Gasteiger partial charge in [-0.15, -0.1) is 0 Å². The predicted molar refractivity (Wildman–Crippen MR) is 129 cm³/mol. The number of thioether (sulfide) groups is 1. The fourth-order valence-electron chi connectivity index (χ4n) is 5.34. The van der Waals surface area contributed by atoms with Gasteiger partial charge >= 0.3 is 6.18 Å². The van der Waals surface area contributed by atoms with Gasteiger partial charge in [0.2, 0.25) is 5.91 Å². The predicted octanol–water partition coefficient (Wildman–Crippen LogP) is 5.31. The number of ether oxygens (including phenoxy) is 1. The molecule has 0 saturated carbocycles. The lowest BCUT2D eigenvalue weighted by atomic mass is 9.74. The number of carbonyl (C=O) groups excluding carboxylic acids is 1. The summed E-state index contributed by atoms with van der Waals surface area (Å²) in [6.07, 6.45) is -1.30. The van der Waals surface area contributed by atoms with E-state index >= 15 is 0 Å². The summed E-state index contributed by atoms with van der Waals surface area (Å²) < 4.78 is 46.4. The van der Waals surface area contributed by atoms with E-state index in [0.29, 0.717) is 11.1 Å². The van der Waals surface area contributed by atoms with E-state index in [9.17, 15) is 18.0 Å². The van der Waals surface area contributed by atoms with E-state index in [1.165, 1.54) is 6.07 Å². The lowest BCUT2D eigenvalue weighted by Gasteiger charge is -2.57. The quantitative estimate of drug-likeness (QED) is 0.569. The SMILES string of the molecule is CSC[C@]12CC[C@@](CO[C@H](C)c3cc(C)cc(C(F)(F)F)c3)(c3ccccc3)N(CC(=O)N1)C2. The molecule has 0 aliphatic carbocycles. The van der Waals surface area contributed by atoms with E-state index in [1.807, 2.05) is 24.5 Å². The van der Waals surface area contributed by atoms with Crippen molar-refractivity contribution >= 4 is 17.7 Å². The zero-order chi connectivity index (χ0) is 24.6. The summed E-state index contributed by atoms with van der Waals surface area (Å²) in [6.45, 7) is 4.73. The summed E-state index contributed by atoms with van der Waals surface area (Å²) in [5.74, 6) is 0.836. The van der Waals surface area contributed by atoms with Gasteiger partial charge in [0, 0.05) is 12.3 Å². The third-order valence-electron chi connectivity index (χ3n) is 7.06. The molecule has 0 spiro atoms. The normalized spacial score (nSPS) is 27.8. The molecule has 2 heterocycles. The summed E-state index contributed by atoms with van der Waals surface area (Å²) in [5, 5.41) is 3.22. The standard InChI is InChI=1S/C26H31F3N2O2S/c1-18-11-20(13-22(12-18)26(27,28)29)19(2)33-16-25(21-7-5-4-6-8-21)10-9-24(17-34-3)15-31(25)14-23(32)30-24/h4-8,11-13,19H,9-10,14-17H2,1-3H3,(H,30,32)/t19-,24-,25-/m1/s1. The van der Waals surface area contributed by atoms with Crippen LogP contribution in [0, 0.1) is 6.92 Å². The third kappa shape index (κ3) is 4.99. The highest BCUT2D eigenvalue weighted by Crippen LogP contribution is 2.44. The maximum atomic E-state index is 13.4. The number of rotatable bonds is 7. The van der Waals surface area contributed by atoms with Crippen LogP contribution in [0.25, 0.3) is 0 Å². The molecule has 2 fully saturated rings. The summed E-state index contributed by atoms with van der Waals surface area (Å²) in [4.78, 5) is 14.9. The molecule has 8 heteroatoms. The van der Waals surface area contributed by atoms with E-state index in [0.717, 1.165) is 36.8 Å². The summed E-state index contributed by atoms with van der Waals surface area (Å²) in [6, 6.07) is 14.1. The highest BCUT2D eigenvalue weighted by atomic mass is 32.2. The number of alkyl halides is 3. The number of benzene rings is 2. The van der Waals surface area contributed by atoms with Gasteiger partial charge in [-0.1, -0.05) is 42.0 Å². The molecule has 2 aliphatic rings. The fraction of sp³-hybridized carbons (Fsp3) is 0.500. The third-order valence-corrected chi connectivity index (χ3v) is 7.90. The van der Waals surface area contributed by atoms with Gasteiger partial charge in [-0.25, -0.2) is 0 Å². The molecule has 2 aliphatic heterocycles. The number of amides is 1. The van der Waals surface area contributed by atoms with Gasteiger partial charge in [-0.2, -0.15) is 24.9 Å². The van der Waals surface area contributed by atoms with Crippen LogP contribution in [0.5, 0.6) is 0 Å². The molecule has 4 nitrogen and oxygen atoms in total. The first-order chi connectivity index (χ1) is 16.1. The second kappa shape index (κ2) is 9.55. The minimum atomic E-state index is -4.41. The van der Waals surface area contributed by atoms with Gasteiger partial charge in [0.1, 0.15) is 0 Å². The molecule has 0 radical (unpaired) electrons. The molecule has 2 aromatic rings. The molecule has 2 bridgehead atoms. The van der Waals surface area contributed by atoms with Gasteiger partial charge in [0.25, 0.3) is 0 Å². The summed E-state index contributed by atoms with van der Waals surface area (Å²) >= 11 is 1.72. The maximum absolute atomic E-state index is 13.4. The number of hydrogen-bond acceptors (Lipinski definition) is 4. The van der Waals surface area contributed by atoms with Gasteiger partial charge in [-0.05, 0) is 56.2 Å². The summed E-state index contributed by atoms with van der Waals surface area (Å²) in [7, 11) is 0.